The van der Waals surface area contributed by atoms with Crippen molar-refractivity contribution in [2.45, 2.75) is 52.6 Å². The average Bonchev–Trinajstić information content (AvgIpc) is 2.24. The molecule has 3 nitrogen and oxygen atoms in total. The van der Waals surface area contributed by atoms with Crippen LogP contribution in [0.1, 0.15) is 40.5 Å². The van der Waals surface area contributed by atoms with Gasteiger partial charge in [-0.15, -0.1) is 0 Å². The second kappa shape index (κ2) is 8.90. The summed E-state index contributed by atoms with van der Waals surface area (Å²) < 4.78 is 0. The normalized spacial score (nSPS) is 17.5. The highest BCUT2D eigenvalue weighted by atomic mass is 15.2. The van der Waals surface area contributed by atoms with Crippen molar-refractivity contribution >= 4 is 0 Å². The molecule has 0 saturated carbocycles. The van der Waals surface area contributed by atoms with Crippen molar-refractivity contribution in [3.63, 3.8) is 0 Å². The monoisotopic (exact) mass is 243 g/mol. The van der Waals surface area contributed by atoms with E-state index in [4.69, 9.17) is 5.73 Å². The zero-order valence-corrected chi connectivity index (χ0v) is 12.7. The van der Waals surface area contributed by atoms with E-state index in [0.29, 0.717) is 18.0 Å². The molecule has 0 aromatic carbocycles. The molecule has 0 aliphatic heterocycles. The Morgan fingerprint density at radius 1 is 1.12 bits per heavy atom. The Kier molecular flexibility index (Phi) is 8.83. The summed E-state index contributed by atoms with van der Waals surface area (Å²) in [6.45, 7) is 12.1. The Balaban J connectivity index is 4.56. The van der Waals surface area contributed by atoms with Gasteiger partial charge in [0.15, 0.2) is 0 Å². The maximum atomic E-state index is 5.99. The van der Waals surface area contributed by atoms with E-state index in [9.17, 15) is 0 Å². The first-order valence-electron chi connectivity index (χ1n) is 7.08. The van der Waals surface area contributed by atoms with Gasteiger partial charge in [0.1, 0.15) is 0 Å². The van der Waals surface area contributed by atoms with Crippen LogP contribution in [0.5, 0.6) is 0 Å². The molecule has 0 bridgehead atoms. The van der Waals surface area contributed by atoms with Gasteiger partial charge in [0.2, 0.25) is 0 Å². The zero-order chi connectivity index (χ0) is 13.4. The summed E-state index contributed by atoms with van der Waals surface area (Å²) in [4.78, 5) is 4.83. The van der Waals surface area contributed by atoms with Crippen LogP contribution in [-0.2, 0) is 0 Å². The predicted molar refractivity (Wildman–Crippen MR) is 77.3 cm³/mol. The minimum Gasteiger partial charge on any atom is -0.329 e. The van der Waals surface area contributed by atoms with Crippen LogP contribution < -0.4 is 5.73 Å². The molecular weight excluding hydrogens is 210 g/mol. The number of rotatable bonds is 9. The highest BCUT2D eigenvalue weighted by Gasteiger charge is 2.25. The van der Waals surface area contributed by atoms with Crippen LogP contribution in [0.2, 0.25) is 0 Å². The molecular formula is C14H33N3. The highest BCUT2D eigenvalue weighted by molar-refractivity contribution is 4.81. The molecule has 0 spiro atoms. The van der Waals surface area contributed by atoms with E-state index < -0.39 is 0 Å². The molecule has 0 aliphatic rings. The summed E-state index contributed by atoms with van der Waals surface area (Å²) in [7, 11) is 4.27. The number of hydrogen-bond donors (Lipinski definition) is 1. The van der Waals surface area contributed by atoms with Gasteiger partial charge in [0, 0.05) is 25.2 Å². The Morgan fingerprint density at radius 3 is 2.06 bits per heavy atom. The third-order valence-electron chi connectivity index (χ3n) is 3.63. The van der Waals surface area contributed by atoms with Gasteiger partial charge in [-0.2, -0.15) is 0 Å². The van der Waals surface area contributed by atoms with E-state index in [1.54, 1.807) is 0 Å². The second-order valence-corrected chi connectivity index (χ2v) is 5.51. The maximum Gasteiger partial charge on any atom is 0.0247 e. The van der Waals surface area contributed by atoms with E-state index in [2.05, 4.69) is 51.6 Å². The van der Waals surface area contributed by atoms with E-state index in [-0.39, 0.29) is 0 Å². The lowest BCUT2D eigenvalue weighted by Gasteiger charge is -2.39. The van der Waals surface area contributed by atoms with Gasteiger partial charge in [-0.1, -0.05) is 27.2 Å². The van der Waals surface area contributed by atoms with Crippen molar-refractivity contribution in [1.82, 2.24) is 9.80 Å². The minimum absolute atomic E-state index is 0.523. The Hall–Kier alpha value is -0.120. The van der Waals surface area contributed by atoms with Crippen LogP contribution in [0.4, 0.5) is 0 Å². The highest BCUT2D eigenvalue weighted by Crippen LogP contribution is 2.18. The average molecular weight is 243 g/mol. The molecule has 2 N–H and O–H groups in total. The largest absolute Gasteiger partial charge is 0.329 e. The first-order valence-corrected chi connectivity index (χ1v) is 7.08. The van der Waals surface area contributed by atoms with Crippen molar-refractivity contribution < 1.29 is 0 Å². The second-order valence-electron chi connectivity index (χ2n) is 5.51. The van der Waals surface area contributed by atoms with Crippen molar-refractivity contribution in [2.24, 2.45) is 11.7 Å². The molecule has 3 unspecified atom stereocenters. The van der Waals surface area contributed by atoms with Crippen molar-refractivity contribution in [3.8, 4) is 0 Å². The minimum atomic E-state index is 0.523. The fraction of sp³-hybridized carbons (Fsp3) is 1.00. The molecule has 3 atom stereocenters. The van der Waals surface area contributed by atoms with Crippen LogP contribution in [0, 0.1) is 5.92 Å². The molecule has 0 fully saturated rings. The van der Waals surface area contributed by atoms with E-state index in [0.717, 1.165) is 19.6 Å². The van der Waals surface area contributed by atoms with Crippen molar-refractivity contribution in [1.29, 1.82) is 0 Å². The molecule has 0 amide bonds. The van der Waals surface area contributed by atoms with Gasteiger partial charge in [-0.25, -0.2) is 0 Å². The first kappa shape index (κ1) is 16.9. The number of nitrogens with two attached hydrogens (primary N) is 1. The van der Waals surface area contributed by atoms with Gasteiger partial charge in [0.05, 0.1) is 0 Å². The van der Waals surface area contributed by atoms with Gasteiger partial charge >= 0.3 is 0 Å². The molecule has 0 radical (unpaired) electrons. The summed E-state index contributed by atoms with van der Waals surface area (Å²) in [6, 6.07) is 1.10. The van der Waals surface area contributed by atoms with Crippen molar-refractivity contribution in [3.05, 3.63) is 0 Å². The van der Waals surface area contributed by atoms with Crippen LogP contribution in [0.25, 0.3) is 0 Å². The third-order valence-corrected chi connectivity index (χ3v) is 3.63. The topological polar surface area (TPSA) is 32.5 Å². The maximum absolute atomic E-state index is 5.99. The Bertz CT molecular complexity index is 182. The molecule has 3 heteroatoms. The Labute approximate surface area is 108 Å². The number of likely N-dealkylation sites (N-methyl/N-ethyl adjacent to an activating group) is 2. The van der Waals surface area contributed by atoms with Gasteiger partial charge in [-0.05, 0) is 39.9 Å². The van der Waals surface area contributed by atoms with E-state index >= 15 is 0 Å². The zero-order valence-electron chi connectivity index (χ0n) is 12.7. The smallest absolute Gasteiger partial charge is 0.0247 e. The summed E-state index contributed by atoms with van der Waals surface area (Å²) in [5, 5.41) is 0. The molecule has 0 saturated heterocycles. The van der Waals surface area contributed by atoms with Crippen LogP contribution in [-0.4, -0.2) is 55.6 Å². The lowest BCUT2D eigenvalue weighted by molar-refractivity contribution is 0.0950. The van der Waals surface area contributed by atoms with Gasteiger partial charge in [0.25, 0.3) is 0 Å². The summed E-state index contributed by atoms with van der Waals surface area (Å²) >= 11 is 0. The van der Waals surface area contributed by atoms with E-state index in [1.165, 1.54) is 12.8 Å². The number of nitrogens with zero attached hydrogens (tertiary/aromatic N) is 2. The Morgan fingerprint density at radius 2 is 1.71 bits per heavy atom. The summed E-state index contributed by atoms with van der Waals surface area (Å²) in [5.74, 6) is 0.689. The van der Waals surface area contributed by atoms with E-state index in [1.807, 2.05) is 0 Å². The molecule has 0 aromatic heterocycles. The first-order chi connectivity index (χ1) is 7.97. The molecule has 104 valence electrons. The van der Waals surface area contributed by atoms with Crippen LogP contribution in [0.3, 0.4) is 0 Å². The fourth-order valence-electron chi connectivity index (χ4n) is 2.85. The summed E-state index contributed by atoms with van der Waals surface area (Å²) in [5.41, 5.74) is 5.99. The van der Waals surface area contributed by atoms with Crippen molar-refractivity contribution in [2.75, 3.05) is 33.7 Å². The third kappa shape index (κ3) is 5.84. The fourth-order valence-corrected chi connectivity index (χ4v) is 2.85. The molecule has 0 aromatic rings. The van der Waals surface area contributed by atoms with Crippen LogP contribution >= 0.6 is 0 Å². The molecule has 0 rings (SSSR count). The summed E-state index contributed by atoms with van der Waals surface area (Å²) in [6.07, 6.45) is 2.52. The van der Waals surface area contributed by atoms with Crippen LogP contribution in [0.15, 0.2) is 0 Å². The molecule has 17 heavy (non-hydrogen) atoms. The van der Waals surface area contributed by atoms with Gasteiger partial charge in [-0.3, -0.25) is 4.90 Å². The lowest BCUT2D eigenvalue weighted by atomic mass is 9.94. The predicted octanol–water partition coefficient (Wildman–Crippen LogP) is 2.02. The number of hydrogen-bond acceptors (Lipinski definition) is 3. The SMILES string of the molecule is CCCC(C)C(CN)N(CC)C(C)CN(C)C. The lowest BCUT2D eigenvalue weighted by Crippen LogP contribution is -2.51. The standard InChI is InChI=1S/C14H33N3/c1-7-9-12(3)14(10-15)17(8-2)13(4)11-16(5)6/h12-14H,7-11,15H2,1-6H3. The molecule has 0 aliphatic carbocycles. The quantitative estimate of drug-likeness (QED) is 0.672. The van der Waals surface area contributed by atoms with Gasteiger partial charge < -0.3 is 10.6 Å². The molecule has 0 heterocycles.